The van der Waals surface area contributed by atoms with E-state index in [1.54, 1.807) is 23.1 Å². The highest BCUT2D eigenvalue weighted by Gasteiger charge is 2.35. The molecule has 2 aliphatic heterocycles. The molecule has 0 N–H and O–H groups in total. The van der Waals surface area contributed by atoms with Gasteiger partial charge in [0.25, 0.3) is 5.91 Å². The van der Waals surface area contributed by atoms with Crippen LogP contribution in [-0.4, -0.2) is 38.1 Å². The molecule has 6 heteroatoms. The highest BCUT2D eigenvalue weighted by Crippen LogP contribution is 2.35. The number of likely N-dealkylation sites (tertiary alicyclic amines) is 1. The zero-order valence-electron chi connectivity index (χ0n) is 14.3. The van der Waals surface area contributed by atoms with Gasteiger partial charge in [-0.15, -0.1) is 0 Å². The number of fused-ring (bicyclic) bond motifs is 2. The fourth-order valence-corrected chi connectivity index (χ4v) is 5.35. The number of hydrogen-bond donors (Lipinski definition) is 0. The molecule has 1 saturated heterocycles. The third-order valence-electron chi connectivity index (χ3n) is 5.08. The molecule has 0 spiro atoms. The van der Waals surface area contributed by atoms with Crippen molar-refractivity contribution in [2.75, 3.05) is 13.1 Å². The van der Waals surface area contributed by atoms with E-state index in [0.717, 1.165) is 25.7 Å². The summed E-state index contributed by atoms with van der Waals surface area (Å²) >= 11 is 0. The first-order chi connectivity index (χ1) is 12.5. The summed E-state index contributed by atoms with van der Waals surface area (Å²) < 4.78 is 25.9. The van der Waals surface area contributed by atoms with E-state index in [0.29, 0.717) is 18.7 Å². The van der Waals surface area contributed by atoms with Crippen LogP contribution in [0.1, 0.15) is 52.0 Å². The second kappa shape index (κ2) is 6.36. The van der Waals surface area contributed by atoms with E-state index in [1.807, 2.05) is 0 Å². The fraction of sp³-hybridized carbons (Fsp3) is 0.300. The third-order valence-corrected chi connectivity index (χ3v) is 6.93. The number of nitrogens with zero attached hydrogens (tertiary/aromatic N) is 1. The van der Waals surface area contributed by atoms with E-state index < -0.39 is 9.84 Å². The number of carbonyl (C=O) groups excluding carboxylic acids is 2. The molecule has 2 aromatic rings. The van der Waals surface area contributed by atoms with Crippen molar-refractivity contribution in [1.29, 1.82) is 0 Å². The summed E-state index contributed by atoms with van der Waals surface area (Å²) in [4.78, 5) is 27.2. The first kappa shape index (κ1) is 17.0. The quantitative estimate of drug-likeness (QED) is 0.661. The number of sulfone groups is 1. The van der Waals surface area contributed by atoms with Crippen molar-refractivity contribution in [2.24, 2.45) is 0 Å². The van der Waals surface area contributed by atoms with E-state index in [-0.39, 0.29) is 32.6 Å². The van der Waals surface area contributed by atoms with E-state index in [1.165, 1.54) is 24.3 Å². The Hall–Kier alpha value is -2.47. The van der Waals surface area contributed by atoms with Gasteiger partial charge in [-0.25, -0.2) is 8.42 Å². The van der Waals surface area contributed by atoms with Crippen LogP contribution >= 0.6 is 0 Å². The Kier molecular flexibility index (Phi) is 4.15. The molecule has 2 heterocycles. The molecule has 1 amide bonds. The van der Waals surface area contributed by atoms with Crippen LogP contribution in [0, 0.1) is 0 Å². The molecule has 134 valence electrons. The number of rotatable bonds is 1. The van der Waals surface area contributed by atoms with E-state index in [2.05, 4.69) is 0 Å². The highest BCUT2D eigenvalue weighted by molar-refractivity contribution is 7.91. The maximum absolute atomic E-state index is 13.0. The van der Waals surface area contributed by atoms with E-state index in [4.69, 9.17) is 0 Å². The fourth-order valence-electron chi connectivity index (χ4n) is 3.67. The number of ketones is 1. The molecule has 0 radical (unpaired) electrons. The summed E-state index contributed by atoms with van der Waals surface area (Å²) in [5.74, 6) is -0.490. The van der Waals surface area contributed by atoms with Crippen LogP contribution < -0.4 is 0 Å². The van der Waals surface area contributed by atoms with Crippen LogP contribution in [-0.2, 0) is 9.84 Å². The summed E-state index contributed by atoms with van der Waals surface area (Å²) in [5, 5.41) is 0. The molecule has 0 aliphatic carbocycles. The van der Waals surface area contributed by atoms with Gasteiger partial charge in [0.2, 0.25) is 9.84 Å². The summed E-state index contributed by atoms with van der Waals surface area (Å²) in [6.07, 6.45) is 4.13. The van der Waals surface area contributed by atoms with Gasteiger partial charge in [-0.3, -0.25) is 9.59 Å². The van der Waals surface area contributed by atoms with Crippen molar-refractivity contribution in [1.82, 2.24) is 4.90 Å². The minimum Gasteiger partial charge on any atom is -0.339 e. The van der Waals surface area contributed by atoms with Gasteiger partial charge in [0.15, 0.2) is 5.78 Å². The maximum Gasteiger partial charge on any atom is 0.253 e. The standard InChI is InChI=1S/C20H19NO4S/c22-19-15-7-3-4-8-17(15)26(24,25)18-13-14(9-10-16(18)19)20(23)21-11-5-1-2-6-12-21/h3-4,7-10,13H,1-2,5-6,11-12H2. The second-order valence-corrected chi connectivity index (χ2v) is 8.63. The van der Waals surface area contributed by atoms with Crippen LogP contribution in [0.15, 0.2) is 52.3 Å². The summed E-state index contributed by atoms with van der Waals surface area (Å²) in [6.45, 7) is 1.37. The Labute approximate surface area is 152 Å². The van der Waals surface area contributed by atoms with Gasteiger partial charge in [-0.2, -0.15) is 0 Å². The molecule has 5 nitrogen and oxygen atoms in total. The lowest BCUT2D eigenvalue weighted by atomic mass is 10.0. The number of hydrogen-bond acceptors (Lipinski definition) is 4. The highest BCUT2D eigenvalue weighted by atomic mass is 32.2. The smallest absolute Gasteiger partial charge is 0.253 e. The predicted octanol–water partition coefficient (Wildman–Crippen LogP) is 3.08. The molecule has 2 aliphatic rings. The molecular formula is C20H19NO4S. The molecule has 4 rings (SSSR count). The Balaban J connectivity index is 1.78. The normalized spacial score (nSPS) is 18.6. The topological polar surface area (TPSA) is 71.5 Å². The first-order valence-corrected chi connectivity index (χ1v) is 10.3. The number of carbonyl (C=O) groups is 2. The van der Waals surface area contributed by atoms with Crippen LogP contribution in [0.25, 0.3) is 0 Å². The lowest BCUT2D eigenvalue weighted by molar-refractivity contribution is 0.0761. The second-order valence-electron chi connectivity index (χ2n) is 6.75. The monoisotopic (exact) mass is 369 g/mol. The van der Waals surface area contributed by atoms with Crippen molar-refractivity contribution in [3.63, 3.8) is 0 Å². The van der Waals surface area contributed by atoms with Crippen molar-refractivity contribution in [3.05, 3.63) is 59.2 Å². The molecule has 0 atom stereocenters. The molecule has 0 saturated carbocycles. The van der Waals surface area contributed by atoms with Crippen LogP contribution in [0.3, 0.4) is 0 Å². The number of amides is 1. The van der Waals surface area contributed by atoms with Gasteiger partial charge in [-0.1, -0.05) is 25.0 Å². The van der Waals surface area contributed by atoms with Gasteiger partial charge < -0.3 is 4.90 Å². The van der Waals surface area contributed by atoms with Crippen LogP contribution in [0.4, 0.5) is 0 Å². The van der Waals surface area contributed by atoms with Crippen LogP contribution in [0.2, 0.25) is 0 Å². The third kappa shape index (κ3) is 2.65. The predicted molar refractivity (Wildman–Crippen MR) is 96.1 cm³/mol. The molecule has 0 bridgehead atoms. The zero-order chi connectivity index (χ0) is 18.3. The summed E-state index contributed by atoms with van der Waals surface area (Å²) in [6, 6.07) is 10.6. The van der Waals surface area contributed by atoms with Gasteiger partial charge in [0.1, 0.15) is 0 Å². The molecular weight excluding hydrogens is 350 g/mol. The Morgan fingerprint density at radius 1 is 0.846 bits per heavy atom. The van der Waals surface area contributed by atoms with Gasteiger partial charge in [0, 0.05) is 29.8 Å². The van der Waals surface area contributed by atoms with E-state index >= 15 is 0 Å². The van der Waals surface area contributed by atoms with Crippen LogP contribution in [0.5, 0.6) is 0 Å². The Morgan fingerprint density at radius 3 is 2.23 bits per heavy atom. The number of benzene rings is 2. The summed E-state index contributed by atoms with van der Waals surface area (Å²) in [7, 11) is -3.82. The van der Waals surface area contributed by atoms with Crippen molar-refractivity contribution in [3.8, 4) is 0 Å². The minimum absolute atomic E-state index is 0.0110. The van der Waals surface area contributed by atoms with Gasteiger partial charge >= 0.3 is 0 Å². The molecule has 26 heavy (non-hydrogen) atoms. The lowest BCUT2D eigenvalue weighted by Crippen LogP contribution is -2.32. The molecule has 1 fully saturated rings. The minimum atomic E-state index is -3.82. The Morgan fingerprint density at radius 2 is 1.50 bits per heavy atom. The average Bonchev–Trinajstić information content (AvgIpc) is 2.95. The largest absolute Gasteiger partial charge is 0.339 e. The SMILES string of the molecule is O=C1c2ccccc2S(=O)(=O)c2cc(C(=O)N3CCCCCC3)ccc21. The maximum atomic E-state index is 13.0. The molecule has 0 unspecified atom stereocenters. The van der Waals surface area contributed by atoms with Gasteiger partial charge in [0.05, 0.1) is 9.79 Å². The van der Waals surface area contributed by atoms with Crippen molar-refractivity contribution >= 4 is 21.5 Å². The lowest BCUT2D eigenvalue weighted by Gasteiger charge is -2.22. The Bertz CT molecular complexity index is 1000. The van der Waals surface area contributed by atoms with E-state index in [9.17, 15) is 18.0 Å². The van der Waals surface area contributed by atoms with Crippen molar-refractivity contribution < 1.29 is 18.0 Å². The molecule has 2 aromatic carbocycles. The molecule has 0 aromatic heterocycles. The summed E-state index contributed by atoms with van der Waals surface area (Å²) in [5.41, 5.74) is 0.643. The zero-order valence-corrected chi connectivity index (χ0v) is 15.1. The first-order valence-electron chi connectivity index (χ1n) is 8.82. The van der Waals surface area contributed by atoms with Crippen molar-refractivity contribution in [2.45, 2.75) is 35.5 Å². The average molecular weight is 369 g/mol. The van der Waals surface area contributed by atoms with Gasteiger partial charge in [-0.05, 0) is 43.2 Å².